The maximum absolute atomic E-state index is 5.89. The van der Waals surface area contributed by atoms with Crippen LogP contribution in [0.1, 0.15) is 6.92 Å². The van der Waals surface area contributed by atoms with Crippen molar-refractivity contribution in [3.05, 3.63) is 29.3 Å². The van der Waals surface area contributed by atoms with Crippen LogP contribution in [-0.4, -0.2) is 18.3 Å². The Morgan fingerprint density at radius 2 is 2.40 bits per heavy atom. The van der Waals surface area contributed by atoms with Gasteiger partial charge in [-0.1, -0.05) is 30.5 Å². The summed E-state index contributed by atoms with van der Waals surface area (Å²) < 4.78 is 0. The molecule has 1 rings (SSSR count). The van der Waals surface area contributed by atoms with Gasteiger partial charge in [-0.05, 0) is 24.7 Å². The summed E-state index contributed by atoms with van der Waals surface area (Å²) in [6.45, 7) is 2.94. The topological polar surface area (TPSA) is 12.0 Å². The molecular weight excluding hydrogens is 226 g/mol. The lowest BCUT2D eigenvalue weighted by molar-refractivity contribution is 0.684. The zero-order valence-corrected chi connectivity index (χ0v) is 10.2. The van der Waals surface area contributed by atoms with Crippen LogP contribution in [0.2, 0.25) is 5.02 Å². The molecule has 1 aromatic rings. The van der Waals surface area contributed by atoms with Crippen molar-refractivity contribution >= 4 is 23.4 Å². The van der Waals surface area contributed by atoms with E-state index in [9.17, 15) is 0 Å². The van der Waals surface area contributed by atoms with Gasteiger partial charge >= 0.3 is 0 Å². The van der Waals surface area contributed by atoms with Crippen molar-refractivity contribution in [2.45, 2.75) is 17.9 Å². The highest BCUT2D eigenvalue weighted by atomic mass is 35.5. The van der Waals surface area contributed by atoms with E-state index in [0.717, 1.165) is 22.2 Å². The number of terminal acetylenes is 1. The van der Waals surface area contributed by atoms with Gasteiger partial charge in [0.2, 0.25) is 0 Å². The molecule has 0 fully saturated rings. The van der Waals surface area contributed by atoms with E-state index in [2.05, 4.69) is 11.2 Å². The Kier molecular flexibility index (Phi) is 5.63. The lowest BCUT2D eigenvalue weighted by Crippen LogP contribution is -2.29. The fourth-order valence-corrected chi connectivity index (χ4v) is 2.36. The molecule has 0 bridgehead atoms. The molecule has 1 unspecified atom stereocenters. The third kappa shape index (κ3) is 4.61. The van der Waals surface area contributed by atoms with Gasteiger partial charge in [0, 0.05) is 15.7 Å². The number of nitrogens with one attached hydrogen (secondary N) is 1. The minimum Gasteiger partial charge on any atom is -0.303 e. The zero-order chi connectivity index (χ0) is 11.1. The maximum Gasteiger partial charge on any atom is 0.0782 e. The molecule has 0 amide bonds. The fourth-order valence-electron chi connectivity index (χ4n) is 1.15. The summed E-state index contributed by atoms with van der Waals surface area (Å²) in [6.07, 6.45) is 5.40. The van der Waals surface area contributed by atoms with Crippen molar-refractivity contribution in [3.63, 3.8) is 0 Å². The molecule has 1 atom stereocenters. The Morgan fingerprint density at radius 3 is 3.00 bits per heavy atom. The van der Waals surface area contributed by atoms with E-state index in [0.29, 0.717) is 0 Å². The molecular formula is C12H14ClNS. The normalized spacial score (nSPS) is 12.1. The van der Waals surface area contributed by atoms with E-state index in [4.69, 9.17) is 18.0 Å². The molecule has 15 heavy (non-hydrogen) atoms. The van der Waals surface area contributed by atoms with Crippen molar-refractivity contribution in [1.29, 1.82) is 0 Å². The van der Waals surface area contributed by atoms with Crippen LogP contribution < -0.4 is 5.32 Å². The Hall–Kier alpha value is -0.620. The number of thioether (sulfide) groups is 1. The molecule has 0 heterocycles. The van der Waals surface area contributed by atoms with Gasteiger partial charge in [-0.2, -0.15) is 0 Å². The Bertz CT molecular complexity index is 346. The predicted molar refractivity (Wildman–Crippen MR) is 68.5 cm³/mol. The van der Waals surface area contributed by atoms with E-state index in [1.807, 2.05) is 31.2 Å². The number of halogens is 1. The van der Waals surface area contributed by atoms with E-state index < -0.39 is 0 Å². The third-order valence-electron chi connectivity index (χ3n) is 1.86. The molecule has 1 N–H and O–H groups in total. The summed E-state index contributed by atoms with van der Waals surface area (Å²) >= 11 is 7.60. The molecule has 0 spiro atoms. The first-order valence-corrected chi connectivity index (χ1v) is 6.20. The van der Waals surface area contributed by atoms with Crippen LogP contribution in [0.5, 0.6) is 0 Å². The Balaban J connectivity index is 2.46. The maximum atomic E-state index is 5.89. The van der Waals surface area contributed by atoms with E-state index in [-0.39, 0.29) is 6.04 Å². The zero-order valence-electron chi connectivity index (χ0n) is 8.66. The monoisotopic (exact) mass is 239 g/mol. The van der Waals surface area contributed by atoms with Gasteiger partial charge in [-0.15, -0.1) is 18.2 Å². The first-order chi connectivity index (χ1) is 7.26. The summed E-state index contributed by atoms with van der Waals surface area (Å²) in [6, 6.07) is 7.93. The van der Waals surface area contributed by atoms with Crippen LogP contribution in [0.3, 0.4) is 0 Å². The average Bonchev–Trinajstić information content (AvgIpc) is 2.24. The molecule has 1 aromatic carbocycles. The molecule has 0 aliphatic carbocycles. The molecule has 0 saturated carbocycles. The van der Waals surface area contributed by atoms with Crippen molar-refractivity contribution < 1.29 is 0 Å². The summed E-state index contributed by atoms with van der Waals surface area (Å²) in [4.78, 5) is 1.15. The first-order valence-electron chi connectivity index (χ1n) is 4.84. The smallest absolute Gasteiger partial charge is 0.0782 e. The van der Waals surface area contributed by atoms with Crippen LogP contribution in [0.4, 0.5) is 0 Å². The number of hydrogen-bond acceptors (Lipinski definition) is 2. The SMILES string of the molecule is C#CC(CSc1cccc(Cl)c1)NCC. The summed E-state index contributed by atoms with van der Waals surface area (Å²) in [5.41, 5.74) is 0. The highest BCUT2D eigenvalue weighted by Crippen LogP contribution is 2.21. The lowest BCUT2D eigenvalue weighted by Gasteiger charge is -2.10. The second-order valence-corrected chi connectivity index (χ2v) is 4.58. The molecule has 0 saturated heterocycles. The van der Waals surface area contributed by atoms with E-state index in [1.165, 1.54) is 0 Å². The predicted octanol–water partition coefficient (Wildman–Crippen LogP) is 3.04. The van der Waals surface area contributed by atoms with Crippen molar-refractivity contribution in [3.8, 4) is 12.3 Å². The second kappa shape index (κ2) is 6.79. The molecule has 0 aliphatic heterocycles. The Labute approximate surface area is 101 Å². The average molecular weight is 240 g/mol. The van der Waals surface area contributed by atoms with Gasteiger partial charge in [0.15, 0.2) is 0 Å². The quantitative estimate of drug-likeness (QED) is 0.626. The molecule has 3 heteroatoms. The van der Waals surface area contributed by atoms with Gasteiger partial charge in [-0.3, -0.25) is 0 Å². The van der Waals surface area contributed by atoms with Gasteiger partial charge in [0.05, 0.1) is 6.04 Å². The largest absolute Gasteiger partial charge is 0.303 e. The van der Waals surface area contributed by atoms with Crippen LogP contribution in [0.15, 0.2) is 29.2 Å². The second-order valence-electron chi connectivity index (χ2n) is 3.05. The van der Waals surface area contributed by atoms with Gasteiger partial charge in [0.25, 0.3) is 0 Å². The number of hydrogen-bond donors (Lipinski definition) is 1. The fraction of sp³-hybridized carbons (Fsp3) is 0.333. The molecule has 0 radical (unpaired) electrons. The Morgan fingerprint density at radius 1 is 1.60 bits per heavy atom. The summed E-state index contributed by atoms with van der Waals surface area (Å²) in [7, 11) is 0. The summed E-state index contributed by atoms with van der Waals surface area (Å²) in [5, 5.41) is 3.99. The van der Waals surface area contributed by atoms with Crippen LogP contribution in [0.25, 0.3) is 0 Å². The molecule has 1 nitrogen and oxygen atoms in total. The van der Waals surface area contributed by atoms with E-state index in [1.54, 1.807) is 11.8 Å². The third-order valence-corrected chi connectivity index (χ3v) is 3.19. The number of benzene rings is 1. The minimum atomic E-state index is 0.124. The van der Waals surface area contributed by atoms with Gasteiger partial charge < -0.3 is 5.32 Å². The molecule has 80 valence electrons. The van der Waals surface area contributed by atoms with E-state index >= 15 is 0 Å². The van der Waals surface area contributed by atoms with Crippen LogP contribution in [-0.2, 0) is 0 Å². The van der Waals surface area contributed by atoms with Crippen LogP contribution in [0, 0.1) is 12.3 Å². The summed E-state index contributed by atoms with van der Waals surface area (Å²) in [5.74, 6) is 3.59. The molecule has 0 aliphatic rings. The first kappa shape index (κ1) is 12.4. The van der Waals surface area contributed by atoms with Crippen molar-refractivity contribution in [1.82, 2.24) is 5.32 Å². The highest BCUT2D eigenvalue weighted by Gasteiger charge is 2.03. The van der Waals surface area contributed by atoms with Gasteiger partial charge in [0.1, 0.15) is 0 Å². The minimum absolute atomic E-state index is 0.124. The van der Waals surface area contributed by atoms with Gasteiger partial charge in [-0.25, -0.2) is 0 Å². The lowest BCUT2D eigenvalue weighted by atomic mass is 10.3. The molecule has 0 aromatic heterocycles. The number of rotatable bonds is 5. The van der Waals surface area contributed by atoms with Crippen molar-refractivity contribution in [2.75, 3.05) is 12.3 Å². The van der Waals surface area contributed by atoms with Crippen molar-refractivity contribution in [2.24, 2.45) is 0 Å². The highest BCUT2D eigenvalue weighted by molar-refractivity contribution is 7.99. The van der Waals surface area contributed by atoms with Crippen LogP contribution >= 0.6 is 23.4 Å². The standard InChI is InChI=1S/C12H14ClNS/c1-3-11(14-4-2)9-15-12-7-5-6-10(13)8-12/h1,5-8,11,14H,4,9H2,2H3.